The fourth-order valence-corrected chi connectivity index (χ4v) is 7.70. The van der Waals surface area contributed by atoms with Crippen molar-refractivity contribution in [3.63, 3.8) is 0 Å². The summed E-state index contributed by atoms with van der Waals surface area (Å²) in [4.78, 5) is 74.2. The summed E-state index contributed by atoms with van der Waals surface area (Å²) in [5.74, 6) is -0.601. The molecular weight excluding hydrogens is 843 g/mol. The van der Waals surface area contributed by atoms with Crippen molar-refractivity contribution in [1.29, 1.82) is 10.8 Å². The smallest absolute Gasteiger partial charge is 0.255 e. The van der Waals surface area contributed by atoms with Crippen LogP contribution < -0.4 is 26.0 Å². The molecule has 342 valence electrons. The molecule has 0 aliphatic carbocycles. The number of likely N-dealkylation sites (N-methyl/N-ethyl adjacent to an activating group) is 1. The number of aromatic nitrogens is 5. The highest BCUT2D eigenvalue weighted by atomic mass is 16.5. The van der Waals surface area contributed by atoms with Crippen molar-refractivity contribution in [2.75, 3.05) is 30.8 Å². The normalized spacial score (nSPS) is 14.8. The number of nitrogens with zero attached hydrogens (tertiary/aromatic N) is 7. The molecule has 19 nitrogen and oxygen atoms in total. The molecule has 5 amide bonds. The summed E-state index contributed by atoms with van der Waals surface area (Å²) < 4.78 is 7.86. The first kappa shape index (κ1) is 46.2. The molecule has 0 spiro atoms. The molecule has 0 saturated carbocycles. The Hall–Kier alpha value is -7.83. The fraction of sp³-hybridized carbons (Fsp3) is 0.340. The minimum atomic E-state index is -0.727. The molecule has 2 aromatic heterocycles. The third kappa shape index (κ3) is 11.8. The number of amides is 5. The fourth-order valence-electron chi connectivity index (χ4n) is 7.70. The van der Waals surface area contributed by atoms with Crippen molar-refractivity contribution in [2.24, 2.45) is 0 Å². The molecule has 1 unspecified atom stereocenters. The van der Waals surface area contributed by atoms with E-state index in [1.807, 2.05) is 48.1 Å². The summed E-state index contributed by atoms with van der Waals surface area (Å²) in [6.07, 6.45) is 9.27. The molecule has 1 saturated heterocycles. The Morgan fingerprint density at radius 2 is 1.83 bits per heavy atom. The number of anilines is 2. The van der Waals surface area contributed by atoms with E-state index in [4.69, 9.17) is 15.6 Å². The van der Waals surface area contributed by atoms with Gasteiger partial charge in [-0.2, -0.15) is 0 Å². The molecule has 66 heavy (non-hydrogen) atoms. The van der Waals surface area contributed by atoms with E-state index in [1.54, 1.807) is 55.7 Å². The largest absolute Gasteiger partial charge is 0.494 e. The van der Waals surface area contributed by atoms with Crippen LogP contribution in [0.15, 0.2) is 91.5 Å². The maximum absolute atomic E-state index is 13.2. The monoisotopic (exact) mass is 895 g/mol. The molecule has 2 aliphatic heterocycles. The van der Waals surface area contributed by atoms with Crippen molar-refractivity contribution in [3.8, 4) is 5.75 Å². The van der Waals surface area contributed by atoms with E-state index in [0.29, 0.717) is 65.5 Å². The van der Waals surface area contributed by atoms with Crippen molar-refractivity contribution >= 4 is 52.6 Å². The number of fused-ring (bicyclic) bond motifs is 1. The number of amidine groups is 2. The van der Waals surface area contributed by atoms with Crippen molar-refractivity contribution in [1.82, 2.24) is 45.4 Å². The van der Waals surface area contributed by atoms with Crippen molar-refractivity contribution < 1.29 is 28.7 Å². The Kier molecular flexibility index (Phi) is 15.2. The molecule has 2 aliphatic rings. The number of ether oxygens (including phenoxy) is 1. The number of imide groups is 1. The first-order valence-electron chi connectivity index (χ1n) is 21.9. The summed E-state index contributed by atoms with van der Waals surface area (Å²) in [6, 6.07) is 20.4. The molecule has 2 atom stereocenters. The van der Waals surface area contributed by atoms with Crippen LogP contribution in [0.25, 0.3) is 0 Å². The highest BCUT2D eigenvalue weighted by Crippen LogP contribution is 2.32. The van der Waals surface area contributed by atoms with Crippen LogP contribution in [0.2, 0.25) is 0 Å². The second-order valence-electron chi connectivity index (χ2n) is 16.2. The van der Waals surface area contributed by atoms with Crippen LogP contribution in [0.3, 0.4) is 0 Å². The van der Waals surface area contributed by atoms with Gasteiger partial charge in [0, 0.05) is 73.4 Å². The maximum Gasteiger partial charge on any atom is 0.255 e. The van der Waals surface area contributed by atoms with Crippen LogP contribution in [0, 0.1) is 10.8 Å². The minimum Gasteiger partial charge on any atom is -0.494 e. The van der Waals surface area contributed by atoms with Crippen molar-refractivity contribution in [2.45, 2.75) is 83.5 Å². The standard InChI is InChI=1S/C47H53N13O6/c1-30(53-45(63)32-11-6-12-33(24-32)51-26-41(48)58(2)44(49)39-20-21-50-29-52-39)31-10-7-14-35(25-31)66-23-5-3-4-22-59-27-34(56-57-59)13-8-17-42(61)54-38-16-9-15-36-37(38)28-60(47(36)65)40-18-19-43(62)55-46(40)64/h6-7,9-12,14-16,20-21,24-25,27,29-30,40,48-49,51H,3-5,8,13,17-19,22-23,26,28H2,1-2H3,(H,53,63)(H,54,61)(H,55,62,64)/t30-,40?/m1/s1. The second kappa shape index (κ2) is 21.7. The van der Waals surface area contributed by atoms with Gasteiger partial charge in [0.1, 0.15) is 29.6 Å². The predicted molar refractivity (Wildman–Crippen MR) is 245 cm³/mol. The van der Waals surface area contributed by atoms with E-state index in [-0.39, 0.29) is 73.7 Å². The zero-order valence-electron chi connectivity index (χ0n) is 36.9. The van der Waals surface area contributed by atoms with Crippen LogP contribution in [0.4, 0.5) is 11.4 Å². The minimum absolute atomic E-state index is 0.0765. The number of nitrogens with one attached hydrogen (secondary N) is 6. The quantitative estimate of drug-likeness (QED) is 0.0265. The SMILES string of the molecule is C[C@@H](NC(=O)c1cccc(NCC(=N)N(C)C(=N)c2ccncn2)c1)c1cccc(OCCCCCn2cc(CCCC(=O)Nc3cccc4c3CN(C3CCC(=O)NC3=O)C4=O)nn2)c1. The molecule has 5 aromatic rings. The number of aryl methyl sites for hydroxylation is 2. The molecule has 0 radical (unpaired) electrons. The first-order valence-corrected chi connectivity index (χ1v) is 21.9. The van der Waals surface area contributed by atoms with E-state index in [9.17, 15) is 24.0 Å². The van der Waals surface area contributed by atoms with E-state index < -0.39 is 11.9 Å². The summed E-state index contributed by atoms with van der Waals surface area (Å²) >= 11 is 0. The topological polar surface area (TPSA) is 253 Å². The molecular formula is C47H53N13O6. The van der Waals surface area contributed by atoms with Gasteiger partial charge < -0.3 is 30.5 Å². The van der Waals surface area contributed by atoms with Gasteiger partial charge >= 0.3 is 0 Å². The predicted octanol–water partition coefficient (Wildman–Crippen LogP) is 4.88. The van der Waals surface area contributed by atoms with Crippen molar-refractivity contribution in [3.05, 3.63) is 125 Å². The summed E-state index contributed by atoms with van der Waals surface area (Å²) in [7, 11) is 1.63. The van der Waals surface area contributed by atoms with E-state index >= 15 is 0 Å². The number of rotatable bonds is 20. The van der Waals surface area contributed by atoms with Crippen LogP contribution >= 0.6 is 0 Å². The lowest BCUT2D eigenvalue weighted by atomic mass is 10.0. The molecule has 4 heterocycles. The van der Waals surface area contributed by atoms with Gasteiger partial charge in [0.25, 0.3) is 11.8 Å². The van der Waals surface area contributed by atoms with Gasteiger partial charge in [-0.3, -0.25) is 44.8 Å². The molecule has 0 bridgehead atoms. The number of benzene rings is 3. The first-order chi connectivity index (χ1) is 31.9. The van der Waals surface area contributed by atoms with Gasteiger partial charge in [-0.05, 0) is 99.5 Å². The maximum atomic E-state index is 13.2. The third-order valence-electron chi connectivity index (χ3n) is 11.4. The Morgan fingerprint density at radius 1 is 1.00 bits per heavy atom. The van der Waals surface area contributed by atoms with Crippen LogP contribution in [0.1, 0.15) is 101 Å². The summed E-state index contributed by atoms with van der Waals surface area (Å²) in [5.41, 5.74) is 4.87. The summed E-state index contributed by atoms with van der Waals surface area (Å²) in [6.45, 7) is 3.46. The van der Waals surface area contributed by atoms with E-state index in [1.165, 1.54) is 16.1 Å². The molecule has 6 N–H and O–H groups in total. The molecule has 7 rings (SSSR count). The average molecular weight is 896 g/mol. The summed E-state index contributed by atoms with van der Waals surface area (Å²) in [5, 5.41) is 36.7. The number of hydrogen-bond acceptors (Lipinski definition) is 13. The lowest BCUT2D eigenvalue weighted by molar-refractivity contribution is -0.137. The van der Waals surface area contributed by atoms with Crippen LogP contribution in [-0.4, -0.2) is 102 Å². The number of unbranched alkanes of at least 4 members (excludes halogenated alkanes) is 2. The Labute approximate surface area is 381 Å². The highest BCUT2D eigenvalue weighted by molar-refractivity contribution is 6.07. The van der Waals surface area contributed by atoms with Gasteiger partial charge in [-0.25, -0.2) is 9.97 Å². The number of carbonyl (C=O) groups is 5. The van der Waals surface area contributed by atoms with Crippen LogP contribution in [-0.2, 0) is 33.9 Å². The van der Waals surface area contributed by atoms with Gasteiger partial charge in [-0.1, -0.05) is 29.5 Å². The second-order valence-corrected chi connectivity index (χ2v) is 16.2. The zero-order valence-corrected chi connectivity index (χ0v) is 36.9. The third-order valence-corrected chi connectivity index (χ3v) is 11.4. The lowest BCUT2D eigenvalue weighted by Gasteiger charge is -2.29. The highest BCUT2D eigenvalue weighted by Gasteiger charge is 2.40. The Balaban J connectivity index is 0.773. The van der Waals surface area contributed by atoms with Gasteiger partial charge in [0.2, 0.25) is 17.7 Å². The zero-order chi connectivity index (χ0) is 46.6. The Bertz CT molecular complexity index is 2600. The van der Waals surface area contributed by atoms with Gasteiger partial charge in [-0.15, -0.1) is 5.10 Å². The average Bonchev–Trinajstić information content (AvgIpc) is 3.92. The van der Waals surface area contributed by atoms with Gasteiger partial charge in [0.05, 0.1) is 24.9 Å². The lowest BCUT2D eigenvalue weighted by Crippen LogP contribution is -2.52. The number of hydrogen-bond donors (Lipinski definition) is 6. The van der Waals surface area contributed by atoms with E-state index in [2.05, 4.69) is 41.5 Å². The van der Waals surface area contributed by atoms with Gasteiger partial charge in [0.15, 0.2) is 5.84 Å². The molecule has 19 heteroatoms. The number of carbonyl (C=O) groups excluding carboxylic acids is 5. The molecule has 3 aromatic carbocycles. The Morgan fingerprint density at radius 3 is 2.65 bits per heavy atom. The van der Waals surface area contributed by atoms with Crippen LogP contribution in [0.5, 0.6) is 5.75 Å². The molecule has 1 fully saturated rings. The van der Waals surface area contributed by atoms with E-state index in [0.717, 1.165) is 30.5 Å². The number of piperidine rings is 1.